The third-order valence-corrected chi connectivity index (χ3v) is 5.31. The highest BCUT2D eigenvalue weighted by Crippen LogP contribution is 2.18. The van der Waals surface area contributed by atoms with Gasteiger partial charge in [0.15, 0.2) is 5.11 Å². The first-order valence-electron chi connectivity index (χ1n) is 9.76. The SMILES string of the molecule is O=C(Cc1ccc(Cl)cc1)NC(=S)Nc1cccc(C(=O)NC2CCCCC2)c1. The van der Waals surface area contributed by atoms with Gasteiger partial charge in [0.1, 0.15) is 0 Å². The van der Waals surface area contributed by atoms with E-state index in [-0.39, 0.29) is 29.4 Å². The van der Waals surface area contributed by atoms with Crippen molar-refractivity contribution in [2.45, 2.75) is 44.6 Å². The first-order valence-corrected chi connectivity index (χ1v) is 10.5. The molecular weight excluding hydrogens is 406 g/mol. The van der Waals surface area contributed by atoms with Gasteiger partial charge in [-0.1, -0.05) is 49.1 Å². The van der Waals surface area contributed by atoms with Gasteiger partial charge in [-0.2, -0.15) is 0 Å². The molecule has 0 spiro atoms. The van der Waals surface area contributed by atoms with E-state index in [9.17, 15) is 9.59 Å². The van der Waals surface area contributed by atoms with Crippen LogP contribution in [0.5, 0.6) is 0 Å². The minimum absolute atomic E-state index is 0.0850. The van der Waals surface area contributed by atoms with E-state index in [4.69, 9.17) is 23.8 Å². The van der Waals surface area contributed by atoms with Gasteiger partial charge in [0.2, 0.25) is 5.91 Å². The monoisotopic (exact) mass is 429 g/mol. The molecular formula is C22H24ClN3O2S. The average molecular weight is 430 g/mol. The first-order chi connectivity index (χ1) is 14.0. The lowest BCUT2D eigenvalue weighted by atomic mass is 9.95. The lowest BCUT2D eigenvalue weighted by Gasteiger charge is -2.22. The van der Waals surface area contributed by atoms with Gasteiger partial charge in [-0.3, -0.25) is 9.59 Å². The van der Waals surface area contributed by atoms with E-state index in [0.29, 0.717) is 16.3 Å². The molecule has 0 atom stereocenters. The Morgan fingerprint density at radius 2 is 1.76 bits per heavy atom. The topological polar surface area (TPSA) is 70.2 Å². The van der Waals surface area contributed by atoms with E-state index in [1.54, 1.807) is 48.5 Å². The highest BCUT2D eigenvalue weighted by Gasteiger charge is 2.17. The third-order valence-electron chi connectivity index (χ3n) is 4.85. The molecule has 1 saturated carbocycles. The number of halogens is 1. The van der Waals surface area contributed by atoms with E-state index < -0.39 is 0 Å². The number of thiocarbonyl (C=S) groups is 1. The number of carbonyl (C=O) groups is 2. The van der Waals surface area contributed by atoms with Gasteiger partial charge in [0.25, 0.3) is 5.91 Å². The Balaban J connectivity index is 1.52. The van der Waals surface area contributed by atoms with Crippen LogP contribution in [0.1, 0.15) is 48.0 Å². The van der Waals surface area contributed by atoms with Crippen LogP contribution < -0.4 is 16.0 Å². The van der Waals surface area contributed by atoms with Crippen molar-refractivity contribution in [3.05, 3.63) is 64.7 Å². The number of anilines is 1. The summed E-state index contributed by atoms with van der Waals surface area (Å²) in [7, 11) is 0. The molecule has 3 N–H and O–H groups in total. The van der Waals surface area contributed by atoms with E-state index in [0.717, 1.165) is 31.2 Å². The molecule has 152 valence electrons. The molecule has 0 unspecified atom stereocenters. The van der Waals surface area contributed by atoms with Crippen molar-refractivity contribution in [2.75, 3.05) is 5.32 Å². The van der Waals surface area contributed by atoms with Crippen LogP contribution >= 0.6 is 23.8 Å². The second kappa shape index (κ2) is 10.4. The number of rotatable bonds is 5. The Kier molecular flexibility index (Phi) is 7.61. The summed E-state index contributed by atoms with van der Waals surface area (Å²) in [4.78, 5) is 24.7. The largest absolute Gasteiger partial charge is 0.349 e. The Hall–Kier alpha value is -2.44. The molecule has 1 fully saturated rings. The second-order valence-electron chi connectivity index (χ2n) is 7.19. The van der Waals surface area contributed by atoms with Gasteiger partial charge in [-0.25, -0.2) is 0 Å². The van der Waals surface area contributed by atoms with Gasteiger partial charge in [0, 0.05) is 22.3 Å². The van der Waals surface area contributed by atoms with Crippen LogP contribution in [0, 0.1) is 0 Å². The van der Waals surface area contributed by atoms with Crippen molar-refractivity contribution in [3.63, 3.8) is 0 Å². The van der Waals surface area contributed by atoms with E-state index in [2.05, 4.69) is 16.0 Å². The van der Waals surface area contributed by atoms with Crippen molar-refractivity contribution in [2.24, 2.45) is 0 Å². The summed E-state index contributed by atoms with van der Waals surface area (Å²) in [6, 6.07) is 14.4. The molecule has 1 aliphatic carbocycles. The maximum absolute atomic E-state index is 12.5. The zero-order valence-corrected chi connectivity index (χ0v) is 17.6. The van der Waals surface area contributed by atoms with Crippen molar-refractivity contribution in [1.82, 2.24) is 10.6 Å². The maximum Gasteiger partial charge on any atom is 0.251 e. The van der Waals surface area contributed by atoms with Gasteiger partial charge in [-0.15, -0.1) is 0 Å². The molecule has 1 aliphatic rings. The number of carbonyl (C=O) groups excluding carboxylic acids is 2. The van der Waals surface area contributed by atoms with Gasteiger partial charge < -0.3 is 16.0 Å². The third kappa shape index (κ3) is 6.84. The van der Waals surface area contributed by atoms with Crippen LogP contribution in [0.15, 0.2) is 48.5 Å². The quantitative estimate of drug-likeness (QED) is 0.614. The van der Waals surface area contributed by atoms with E-state index in [1.807, 2.05) is 0 Å². The summed E-state index contributed by atoms with van der Waals surface area (Å²) in [6.45, 7) is 0. The second-order valence-corrected chi connectivity index (χ2v) is 8.04. The number of benzene rings is 2. The number of amides is 2. The minimum atomic E-state index is -0.226. The van der Waals surface area contributed by atoms with Gasteiger partial charge in [0.05, 0.1) is 6.42 Å². The fraction of sp³-hybridized carbons (Fsp3) is 0.318. The van der Waals surface area contributed by atoms with Gasteiger partial charge in [-0.05, 0) is 61.0 Å². The zero-order chi connectivity index (χ0) is 20.6. The Labute approximate surface area is 181 Å². The first kappa shape index (κ1) is 21.3. The molecule has 0 heterocycles. The maximum atomic E-state index is 12.5. The summed E-state index contributed by atoms with van der Waals surface area (Å²) in [5, 5.41) is 9.53. The summed E-state index contributed by atoms with van der Waals surface area (Å²) >= 11 is 11.1. The van der Waals surface area contributed by atoms with Crippen LogP contribution in [0.2, 0.25) is 5.02 Å². The van der Waals surface area contributed by atoms with Crippen LogP contribution in [0.4, 0.5) is 5.69 Å². The molecule has 7 heteroatoms. The summed E-state index contributed by atoms with van der Waals surface area (Å²) in [5.74, 6) is -0.311. The molecule has 3 rings (SSSR count). The van der Waals surface area contributed by atoms with Crippen molar-refractivity contribution in [1.29, 1.82) is 0 Å². The average Bonchev–Trinajstić information content (AvgIpc) is 2.70. The number of hydrogen-bond acceptors (Lipinski definition) is 3. The summed E-state index contributed by atoms with van der Waals surface area (Å²) < 4.78 is 0. The molecule has 29 heavy (non-hydrogen) atoms. The Bertz CT molecular complexity index is 880. The Morgan fingerprint density at radius 3 is 2.48 bits per heavy atom. The molecule has 2 aromatic carbocycles. The predicted molar refractivity (Wildman–Crippen MR) is 120 cm³/mol. The molecule has 0 saturated heterocycles. The smallest absolute Gasteiger partial charge is 0.251 e. The highest BCUT2D eigenvalue weighted by molar-refractivity contribution is 7.80. The lowest BCUT2D eigenvalue weighted by Crippen LogP contribution is -2.36. The standard InChI is InChI=1S/C22H24ClN3O2S/c23-17-11-9-15(10-12-17)13-20(27)26-22(29)25-19-8-4-5-16(14-19)21(28)24-18-6-2-1-3-7-18/h4-5,8-12,14,18H,1-3,6-7,13H2,(H,24,28)(H2,25,26,27,29). The molecule has 0 bridgehead atoms. The number of hydrogen-bond donors (Lipinski definition) is 3. The predicted octanol–water partition coefficient (Wildman–Crippen LogP) is 4.46. The molecule has 2 aromatic rings. The Morgan fingerprint density at radius 1 is 1.03 bits per heavy atom. The molecule has 0 radical (unpaired) electrons. The van der Waals surface area contributed by atoms with Crippen LogP contribution in [0.25, 0.3) is 0 Å². The van der Waals surface area contributed by atoms with Crippen LogP contribution in [0.3, 0.4) is 0 Å². The fourth-order valence-electron chi connectivity index (χ4n) is 3.37. The lowest BCUT2D eigenvalue weighted by molar-refractivity contribution is -0.119. The summed E-state index contributed by atoms with van der Waals surface area (Å²) in [6.07, 6.45) is 5.84. The summed E-state index contributed by atoms with van der Waals surface area (Å²) in [5.41, 5.74) is 2.06. The molecule has 5 nitrogen and oxygen atoms in total. The van der Waals surface area contributed by atoms with Crippen molar-refractivity contribution in [3.8, 4) is 0 Å². The number of nitrogens with one attached hydrogen (secondary N) is 3. The van der Waals surface area contributed by atoms with Crippen molar-refractivity contribution < 1.29 is 9.59 Å². The zero-order valence-electron chi connectivity index (χ0n) is 16.0. The normalized spacial score (nSPS) is 14.1. The molecule has 2 amide bonds. The highest BCUT2D eigenvalue weighted by atomic mass is 35.5. The van der Waals surface area contributed by atoms with Crippen molar-refractivity contribution >= 4 is 46.4 Å². The van der Waals surface area contributed by atoms with Gasteiger partial charge >= 0.3 is 0 Å². The molecule has 0 aromatic heterocycles. The minimum Gasteiger partial charge on any atom is -0.349 e. The molecule has 0 aliphatic heterocycles. The fourth-order valence-corrected chi connectivity index (χ4v) is 3.73. The van der Waals surface area contributed by atoms with E-state index >= 15 is 0 Å². The van der Waals surface area contributed by atoms with Crippen LogP contribution in [-0.4, -0.2) is 23.0 Å². The van der Waals surface area contributed by atoms with Crippen LogP contribution in [-0.2, 0) is 11.2 Å². The van der Waals surface area contributed by atoms with E-state index in [1.165, 1.54) is 6.42 Å².